The average molecular weight is 239 g/mol. The lowest BCUT2D eigenvalue weighted by molar-refractivity contribution is -0.144. The zero-order valence-corrected chi connectivity index (χ0v) is 10.2. The number of aryl methyl sites for hydroxylation is 1. The number of nitrogens with one attached hydrogen (secondary N) is 1. The molecule has 0 aliphatic rings. The van der Waals surface area contributed by atoms with Gasteiger partial charge in [0.2, 0.25) is 0 Å². The third-order valence-electron chi connectivity index (χ3n) is 2.57. The Morgan fingerprint density at radius 1 is 1.53 bits per heavy atom. The molecule has 0 amide bonds. The van der Waals surface area contributed by atoms with Crippen molar-refractivity contribution in [2.45, 2.75) is 19.4 Å². The molecule has 6 heteroatoms. The third kappa shape index (κ3) is 2.98. The van der Waals surface area contributed by atoms with Gasteiger partial charge in [-0.2, -0.15) is 0 Å². The molecule has 6 nitrogen and oxygen atoms in total. The van der Waals surface area contributed by atoms with Gasteiger partial charge in [0.15, 0.2) is 5.54 Å². The second-order valence-electron chi connectivity index (χ2n) is 3.84. The Bertz CT molecular complexity index is 397. The molecule has 0 aliphatic heterocycles. The molecule has 0 saturated heterocycles. The summed E-state index contributed by atoms with van der Waals surface area (Å²) in [5, 5.41) is 12.3. The van der Waals surface area contributed by atoms with Gasteiger partial charge in [0.1, 0.15) is 0 Å². The van der Waals surface area contributed by atoms with Gasteiger partial charge in [0.05, 0.1) is 18.0 Å². The van der Waals surface area contributed by atoms with E-state index in [-0.39, 0.29) is 0 Å². The molecular weight excluding hydrogens is 222 g/mol. The molecule has 1 atom stereocenters. The fourth-order valence-corrected chi connectivity index (χ4v) is 1.56. The zero-order chi connectivity index (χ0) is 12.9. The summed E-state index contributed by atoms with van der Waals surface area (Å²) in [4.78, 5) is 19.6. The van der Waals surface area contributed by atoms with Gasteiger partial charge in [0.25, 0.3) is 0 Å². The highest BCUT2D eigenvalue weighted by atomic mass is 16.5. The molecule has 1 rings (SSSR count). The first-order chi connectivity index (χ1) is 8.02. The Labute approximate surface area is 100 Å². The van der Waals surface area contributed by atoms with Crippen molar-refractivity contribution in [3.05, 3.63) is 23.8 Å². The van der Waals surface area contributed by atoms with Gasteiger partial charge in [-0.3, -0.25) is 15.3 Å². The van der Waals surface area contributed by atoms with E-state index in [2.05, 4.69) is 15.3 Å². The molecule has 17 heavy (non-hydrogen) atoms. The Morgan fingerprint density at radius 2 is 2.18 bits per heavy atom. The number of carbonyl (C=O) groups is 1. The highest BCUT2D eigenvalue weighted by Gasteiger charge is 2.37. The summed E-state index contributed by atoms with van der Waals surface area (Å²) in [6.45, 7) is 4.17. The average Bonchev–Trinajstić information content (AvgIpc) is 2.29. The standard InChI is InChI=1S/C11H17N3O3/c1-8-9(13-5-4-12-8)11(2,10(15)16)14-6-7-17-3/h4-5,14H,6-7H2,1-3H3,(H,15,16). The molecular formula is C11H17N3O3. The van der Waals surface area contributed by atoms with Crippen LogP contribution in [0.15, 0.2) is 12.4 Å². The summed E-state index contributed by atoms with van der Waals surface area (Å²) < 4.78 is 4.89. The molecule has 0 bridgehead atoms. The van der Waals surface area contributed by atoms with E-state index in [1.54, 1.807) is 21.0 Å². The molecule has 1 aromatic rings. The van der Waals surface area contributed by atoms with Gasteiger partial charge in [-0.1, -0.05) is 0 Å². The van der Waals surface area contributed by atoms with Crippen LogP contribution >= 0.6 is 0 Å². The predicted molar refractivity (Wildman–Crippen MR) is 61.6 cm³/mol. The number of rotatable bonds is 6. The molecule has 2 N–H and O–H groups in total. The number of aliphatic carboxylic acids is 1. The maximum atomic E-state index is 11.4. The van der Waals surface area contributed by atoms with E-state index in [0.29, 0.717) is 24.5 Å². The van der Waals surface area contributed by atoms with Crippen molar-refractivity contribution >= 4 is 5.97 Å². The van der Waals surface area contributed by atoms with Crippen LogP contribution in [0.1, 0.15) is 18.3 Å². The first-order valence-electron chi connectivity index (χ1n) is 5.28. The third-order valence-corrected chi connectivity index (χ3v) is 2.57. The van der Waals surface area contributed by atoms with Gasteiger partial charge in [0, 0.05) is 26.0 Å². The maximum Gasteiger partial charge on any atom is 0.329 e. The summed E-state index contributed by atoms with van der Waals surface area (Å²) in [5.41, 5.74) is -0.234. The molecule has 1 aromatic heterocycles. The van der Waals surface area contributed by atoms with E-state index in [0.717, 1.165) is 0 Å². The first kappa shape index (κ1) is 13.5. The van der Waals surface area contributed by atoms with Crippen LogP contribution in [0, 0.1) is 6.92 Å². The van der Waals surface area contributed by atoms with Gasteiger partial charge in [-0.25, -0.2) is 4.79 Å². The monoisotopic (exact) mass is 239 g/mol. The van der Waals surface area contributed by atoms with E-state index in [1.165, 1.54) is 12.4 Å². The Balaban J connectivity index is 2.99. The van der Waals surface area contributed by atoms with Crippen LogP contribution < -0.4 is 5.32 Å². The van der Waals surface area contributed by atoms with Crippen LogP contribution in [0.2, 0.25) is 0 Å². The Kier molecular flexibility index (Phi) is 4.53. The summed E-state index contributed by atoms with van der Waals surface area (Å²) in [6.07, 6.45) is 3.03. The van der Waals surface area contributed by atoms with Crippen molar-refractivity contribution in [1.29, 1.82) is 0 Å². The van der Waals surface area contributed by atoms with Gasteiger partial charge >= 0.3 is 5.97 Å². The van der Waals surface area contributed by atoms with Crippen molar-refractivity contribution in [2.75, 3.05) is 20.3 Å². The van der Waals surface area contributed by atoms with Crippen LogP contribution in [0.5, 0.6) is 0 Å². The number of carboxylic acids is 1. The van der Waals surface area contributed by atoms with Crippen molar-refractivity contribution in [1.82, 2.24) is 15.3 Å². The van der Waals surface area contributed by atoms with E-state index < -0.39 is 11.5 Å². The van der Waals surface area contributed by atoms with Crippen LogP contribution in [-0.2, 0) is 15.1 Å². The molecule has 1 unspecified atom stereocenters. The SMILES string of the molecule is COCCNC(C)(C(=O)O)c1nccnc1C. The molecule has 0 saturated carbocycles. The quantitative estimate of drug-likeness (QED) is 0.695. The highest BCUT2D eigenvalue weighted by Crippen LogP contribution is 2.20. The zero-order valence-electron chi connectivity index (χ0n) is 10.2. The lowest BCUT2D eigenvalue weighted by Gasteiger charge is -2.26. The van der Waals surface area contributed by atoms with Crippen LogP contribution in [0.3, 0.4) is 0 Å². The fraction of sp³-hybridized carbons (Fsp3) is 0.545. The highest BCUT2D eigenvalue weighted by molar-refractivity contribution is 5.79. The molecule has 0 spiro atoms. The topological polar surface area (TPSA) is 84.3 Å². The minimum absolute atomic E-state index is 0.420. The number of hydrogen-bond donors (Lipinski definition) is 2. The minimum atomic E-state index is -1.25. The molecule has 1 heterocycles. The van der Waals surface area contributed by atoms with Crippen LogP contribution in [0.4, 0.5) is 0 Å². The summed E-state index contributed by atoms with van der Waals surface area (Å²) in [5.74, 6) is -0.989. The molecule has 94 valence electrons. The second-order valence-corrected chi connectivity index (χ2v) is 3.84. The van der Waals surface area contributed by atoms with E-state index >= 15 is 0 Å². The van der Waals surface area contributed by atoms with E-state index in [9.17, 15) is 9.90 Å². The predicted octanol–water partition coefficient (Wildman–Crippen LogP) is 0.321. The number of methoxy groups -OCH3 is 1. The van der Waals surface area contributed by atoms with Crippen molar-refractivity contribution in [3.8, 4) is 0 Å². The number of nitrogens with zero attached hydrogens (tertiary/aromatic N) is 2. The van der Waals surface area contributed by atoms with E-state index in [1.807, 2.05) is 0 Å². The second kappa shape index (κ2) is 5.70. The number of aromatic nitrogens is 2. The van der Waals surface area contributed by atoms with Crippen LogP contribution in [-0.4, -0.2) is 41.3 Å². The number of ether oxygens (including phenoxy) is 1. The van der Waals surface area contributed by atoms with E-state index in [4.69, 9.17) is 4.74 Å². The smallest absolute Gasteiger partial charge is 0.329 e. The number of hydrogen-bond acceptors (Lipinski definition) is 5. The lowest BCUT2D eigenvalue weighted by atomic mass is 9.96. The summed E-state index contributed by atoms with van der Waals surface area (Å²) in [6, 6.07) is 0. The summed E-state index contributed by atoms with van der Waals surface area (Å²) >= 11 is 0. The largest absolute Gasteiger partial charge is 0.480 e. The van der Waals surface area contributed by atoms with Crippen LogP contribution in [0.25, 0.3) is 0 Å². The van der Waals surface area contributed by atoms with Gasteiger partial charge < -0.3 is 9.84 Å². The Hall–Kier alpha value is -1.53. The Morgan fingerprint density at radius 3 is 2.71 bits per heavy atom. The van der Waals surface area contributed by atoms with Crippen molar-refractivity contribution in [3.63, 3.8) is 0 Å². The van der Waals surface area contributed by atoms with Gasteiger partial charge in [-0.15, -0.1) is 0 Å². The fourth-order valence-electron chi connectivity index (χ4n) is 1.56. The summed E-state index contributed by atoms with van der Waals surface area (Å²) in [7, 11) is 1.56. The molecule has 0 aromatic carbocycles. The molecule has 0 aliphatic carbocycles. The lowest BCUT2D eigenvalue weighted by Crippen LogP contribution is -2.49. The van der Waals surface area contributed by atoms with Crippen molar-refractivity contribution < 1.29 is 14.6 Å². The molecule has 0 fully saturated rings. The molecule has 0 radical (unpaired) electrons. The van der Waals surface area contributed by atoms with Gasteiger partial charge in [-0.05, 0) is 13.8 Å². The van der Waals surface area contributed by atoms with Crippen molar-refractivity contribution in [2.24, 2.45) is 0 Å². The normalized spacial score (nSPS) is 14.3. The maximum absolute atomic E-state index is 11.4. The number of carboxylic acid groups (broad SMARTS) is 1. The minimum Gasteiger partial charge on any atom is -0.480 e. The first-order valence-corrected chi connectivity index (χ1v) is 5.28.